The van der Waals surface area contributed by atoms with Crippen LogP contribution in [-0.2, 0) is 10.2 Å². The van der Waals surface area contributed by atoms with E-state index in [1.54, 1.807) is 11.8 Å². The van der Waals surface area contributed by atoms with Gasteiger partial charge >= 0.3 is 0 Å². The first-order valence-corrected chi connectivity index (χ1v) is 11.2. The van der Waals surface area contributed by atoms with Gasteiger partial charge in [0.05, 0.1) is 28.1 Å². The predicted molar refractivity (Wildman–Crippen MR) is 120 cm³/mol. The molecule has 1 unspecified atom stereocenters. The molecule has 0 bridgehead atoms. The van der Waals surface area contributed by atoms with E-state index in [0.717, 1.165) is 31.2 Å². The summed E-state index contributed by atoms with van der Waals surface area (Å²) in [5.74, 6) is -0.223. The Kier molecular flexibility index (Phi) is 4.99. The maximum Gasteiger partial charge on any atom is 0.257 e. The number of amides is 2. The molecular formula is C25H27FN4O2. The van der Waals surface area contributed by atoms with E-state index in [1.165, 1.54) is 17.7 Å². The highest BCUT2D eigenvalue weighted by atomic mass is 19.1. The smallest absolute Gasteiger partial charge is 0.257 e. The quantitative estimate of drug-likeness (QED) is 0.642. The lowest BCUT2D eigenvalue weighted by Gasteiger charge is -2.44. The molecule has 32 heavy (non-hydrogen) atoms. The third-order valence-electron chi connectivity index (χ3n) is 7.07. The Labute approximate surface area is 186 Å². The molecular weight excluding hydrogens is 407 g/mol. The Hall–Kier alpha value is -3.22. The molecule has 1 saturated heterocycles. The number of halogens is 1. The summed E-state index contributed by atoms with van der Waals surface area (Å²) in [6.45, 7) is 4.76. The van der Waals surface area contributed by atoms with Crippen LogP contribution in [0.15, 0.2) is 36.4 Å². The van der Waals surface area contributed by atoms with Crippen molar-refractivity contribution in [1.29, 1.82) is 0 Å². The molecule has 2 heterocycles. The number of carbonyl (C=O) groups excluding carboxylic acids is 2. The van der Waals surface area contributed by atoms with Gasteiger partial charge in [-0.3, -0.25) is 9.59 Å². The Bertz CT molecular complexity index is 1200. The number of H-pyrrole nitrogens is 1. The average molecular weight is 435 g/mol. The van der Waals surface area contributed by atoms with Gasteiger partial charge in [-0.05, 0) is 44.7 Å². The molecule has 1 atom stereocenters. The maximum absolute atomic E-state index is 14.6. The summed E-state index contributed by atoms with van der Waals surface area (Å²) in [6, 6.07) is 10.9. The minimum Gasteiger partial charge on any atom is -0.353 e. The summed E-state index contributed by atoms with van der Waals surface area (Å²) in [6.07, 6.45) is 3.49. The van der Waals surface area contributed by atoms with Crippen LogP contribution in [0.2, 0.25) is 0 Å². The topological polar surface area (TPSA) is 78.1 Å². The van der Waals surface area contributed by atoms with Gasteiger partial charge in [0.2, 0.25) is 5.91 Å². The largest absolute Gasteiger partial charge is 0.353 e. The number of imidazole rings is 1. The number of hydrogen-bond donors (Lipinski definition) is 2. The highest BCUT2D eigenvalue weighted by Gasteiger charge is 2.46. The second kappa shape index (κ2) is 7.73. The summed E-state index contributed by atoms with van der Waals surface area (Å²) in [5.41, 5.74) is 2.92. The Morgan fingerprint density at radius 3 is 2.59 bits per heavy atom. The first kappa shape index (κ1) is 20.7. The molecule has 2 amide bonds. The second-order valence-electron chi connectivity index (χ2n) is 9.12. The van der Waals surface area contributed by atoms with Crippen LogP contribution in [0.4, 0.5) is 4.39 Å². The second-order valence-corrected chi connectivity index (χ2v) is 9.12. The fourth-order valence-electron chi connectivity index (χ4n) is 4.83. The average Bonchev–Trinajstić information content (AvgIpc) is 3.06. The van der Waals surface area contributed by atoms with Gasteiger partial charge in [0, 0.05) is 19.2 Å². The van der Waals surface area contributed by atoms with Crippen LogP contribution < -0.4 is 5.32 Å². The molecule has 5 rings (SSSR count). The molecule has 3 aromatic rings. The van der Waals surface area contributed by atoms with E-state index >= 15 is 0 Å². The van der Waals surface area contributed by atoms with Crippen LogP contribution in [0.1, 0.15) is 53.0 Å². The van der Waals surface area contributed by atoms with Crippen LogP contribution >= 0.6 is 0 Å². The molecule has 1 aliphatic carbocycles. The zero-order valence-electron chi connectivity index (χ0n) is 18.4. The molecule has 0 spiro atoms. The van der Waals surface area contributed by atoms with Gasteiger partial charge in [0.1, 0.15) is 11.6 Å². The number of likely N-dealkylation sites (tertiary alicyclic amines) is 1. The third-order valence-corrected chi connectivity index (χ3v) is 7.07. The van der Waals surface area contributed by atoms with Gasteiger partial charge in [-0.1, -0.05) is 36.2 Å². The van der Waals surface area contributed by atoms with E-state index in [2.05, 4.69) is 15.3 Å². The number of nitrogens with zero attached hydrogens (tertiary/aromatic N) is 2. The summed E-state index contributed by atoms with van der Waals surface area (Å²) in [4.78, 5) is 35.1. The number of aromatic amines is 1. The van der Waals surface area contributed by atoms with E-state index in [4.69, 9.17) is 0 Å². The molecule has 6 nitrogen and oxygen atoms in total. The van der Waals surface area contributed by atoms with Crippen molar-refractivity contribution in [3.05, 3.63) is 64.7 Å². The minimum atomic E-state index is -0.561. The number of rotatable bonds is 5. The fraction of sp³-hybridized carbons (Fsp3) is 0.400. The lowest BCUT2D eigenvalue weighted by molar-refractivity contribution is -0.130. The predicted octanol–water partition coefficient (Wildman–Crippen LogP) is 3.77. The molecule has 0 radical (unpaired) electrons. The molecule has 2 N–H and O–H groups in total. The molecule has 2 fully saturated rings. The zero-order chi connectivity index (χ0) is 22.5. The van der Waals surface area contributed by atoms with E-state index in [9.17, 15) is 14.0 Å². The standard InChI is InChI=1S/C25H27FN4O2/c1-15-4-6-17(7-5-15)25(9-3-10-25)24(32)27-14-18-8-11-30(18)23(31)19-12-21-22(13-20(19)26)29-16(2)28-21/h4-7,12-13,18H,3,8-11,14H2,1-2H3,(H,27,32)(H,28,29). The van der Waals surface area contributed by atoms with Gasteiger partial charge in [0.15, 0.2) is 0 Å². The number of fused-ring (bicyclic) bond motifs is 1. The minimum absolute atomic E-state index is 0.0199. The van der Waals surface area contributed by atoms with E-state index < -0.39 is 11.2 Å². The van der Waals surface area contributed by atoms with Crippen LogP contribution in [-0.4, -0.2) is 45.8 Å². The van der Waals surface area contributed by atoms with Crippen molar-refractivity contribution in [2.45, 2.75) is 51.0 Å². The van der Waals surface area contributed by atoms with Crippen molar-refractivity contribution in [3.63, 3.8) is 0 Å². The Morgan fingerprint density at radius 2 is 1.97 bits per heavy atom. The SMILES string of the molecule is Cc1ccc(C2(C(=O)NCC3CCN3C(=O)c3cc4nc(C)[nH]c4cc3F)CCC2)cc1. The summed E-state index contributed by atoms with van der Waals surface area (Å²) >= 11 is 0. The summed E-state index contributed by atoms with van der Waals surface area (Å²) in [5, 5.41) is 3.08. The molecule has 7 heteroatoms. The first-order chi connectivity index (χ1) is 15.4. The van der Waals surface area contributed by atoms with E-state index in [-0.39, 0.29) is 23.4 Å². The summed E-state index contributed by atoms with van der Waals surface area (Å²) in [7, 11) is 0. The molecule has 1 saturated carbocycles. The van der Waals surface area contributed by atoms with Crippen LogP contribution in [0.5, 0.6) is 0 Å². The highest BCUT2D eigenvalue weighted by Crippen LogP contribution is 2.44. The van der Waals surface area contributed by atoms with Crippen molar-refractivity contribution in [1.82, 2.24) is 20.2 Å². The monoisotopic (exact) mass is 434 g/mol. The number of aromatic nitrogens is 2. The zero-order valence-corrected chi connectivity index (χ0v) is 18.4. The molecule has 166 valence electrons. The molecule has 2 aromatic carbocycles. The third kappa shape index (κ3) is 3.36. The van der Waals surface area contributed by atoms with Gasteiger partial charge in [-0.15, -0.1) is 0 Å². The van der Waals surface area contributed by atoms with Gasteiger partial charge < -0.3 is 15.2 Å². The molecule has 1 aliphatic heterocycles. The summed E-state index contributed by atoms with van der Waals surface area (Å²) < 4.78 is 14.6. The number of carbonyl (C=O) groups is 2. The Balaban J connectivity index is 1.27. The van der Waals surface area contributed by atoms with Crippen molar-refractivity contribution >= 4 is 22.8 Å². The number of aryl methyl sites for hydroxylation is 2. The van der Waals surface area contributed by atoms with Gasteiger partial charge in [-0.25, -0.2) is 9.37 Å². The van der Waals surface area contributed by atoms with Gasteiger partial charge in [-0.2, -0.15) is 0 Å². The van der Waals surface area contributed by atoms with Crippen molar-refractivity contribution < 1.29 is 14.0 Å². The lowest BCUT2D eigenvalue weighted by Crippen LogP contribution is -2.58. The first-order valence-electron chi connectivity index (χ1n) is 11.2. The Morgan fingerprint density at radius 1 is 1.22 bits per heavy atom. The molecule has 1 aromatic heterocycles. The van der Waals surface area contributed by atoms with E-state index in [1.807, 2.05) is 31.2 Å². The van der Waals surface area contributed by atoms with Gasteiger partial charge in [0.25, 0.3) is 5.91 Å². The maximum atomic E-state index is 14.6. The van der Waals surface area contributed by atoms with Crippen LogP contribution in [0, 0.1) is 19.7 Å². The molecule has 2 aliphatic rings. The van der Waals surface area contributed by atoms with Crippen LogP contribution in [0.3, 0.4) is 0 Å². The highest BCUT2D eigenvalue weighted by molar-refractivity contribution is 5.98. The number of nitrogens with one attached hydrogen (secondary N) is 2. The van der Waals surface area contributed by atoms with Crippen LogP contribution in [0.25, 0.3) is 11.0 Å². The van der Waals surface area contributed by atoms with Crippen molar-refractivity contribution in [3.8, 4) is 0 Å². The van der Waals surface area contributed by atoms with Crippen molar-refractivity contribution in [2.24, 2.45) is 0 Å². The fourth-order valence-corrected chi connectivity index (χ4v) is 4.83. The van der Waals surface area contributed by atoms with Crippen molar-refractivity contribution in [2.75, 3.05) is 13.1 Å². The lowest BCUT2D eigenvalue weighted by atomic mass is 9.63. The normalized spacial score (nSPS) is 19.3. The van der Waals surface area contributed by atoms with E-state index in [0.29, 0.717) is 29.9 Å². The number of benzene rings is 2. The number of hydrogen-bond acceptors (Lipinski definition) is 3.